The Kier molecular flexibility index (Phi) is 3.23. The molecule has 3 rings (SSSR count). The van der Waals surface area contributed by atoms with Crippen LogP contribution in [0.4, 0.5) is 5.69 Å². The number of amides is 1. The van der Waals surface area contributed by atoms with Crippen LogP contribution in [0.1, 0.15) is 18.1 Å². The number of hydrogen-bond acceptors (Lipinski definition) is 1. The molecule has 0 aromatic heterocycles. The summed E-state index contributed by atoms with van der Waals surface area (Å²) in [5.74, 6) is 0.00437. The lowest BCUT2D eigenvalue weighted by Crippen LogP contribution is -2.33. The van der Waals surface area contributed by atoms with Crippen molar-refractivity contribution in [2.75, 3.05) is 5.32 Å². The molecule has 1 aliphatic heterocycles. The standard InChI is InChI=1S/C16H13Cl2NO/c1-16(9-10-2-4-11(17)5-3-10)13-8-12(18)6-7-14(13)19-15(16)20/h2-8H,9H2,1H3,(H,19,20). The van der Waals surface area contributed by atoms with Gasteiger partial charge in [-0.1, -0.05) is 35.3 Å². The Morgan fingerprint density at radius 2 is 1.70 bits per heavy atom. The molecule has 1 amide bonds. The van der Waals surface area contributed by atoms with Crippen molar-refractivity contribution in [3.63, 3.8) is 0 Å². The summed E-state index contributed by atoms with van der Waals surface area (Å²) in [6, 6.07) is 13.1. The Bertz CT molecular complexity index is 681. The third-order valence-corrected chi connectivity index (χ3v) is 4.28. The number of carbonyl (C=O) groups excluding carboxylic acids is 1. The van der Waals surface area contributed by atoms with Gasteiger partial charge < -0.3 is 5.32 Å². The summed E-state index contributed by atoms with van der Waals surface area (Å²) in [6.07, 6.45) is 0.614. The van der Waals surface area contributed by atoms with Gasteiger partial charge in [-0.2, -0.15) is 0 Å². The number of nitrogens with one attached hydrogen (secondary N) is 1. The lowest BCUT2D eigenvalue weighted by atomic mass is 9.78. The summed E-state index contributed by atoms with van der Waals surface area (Å²) >= 11 is 12.0. The van der Waals surface area contributed by atoms with Crippen molar-refractivity contribution in [3.8, 4) is 0 Å². The topological polar surface area (TPSA) is 29.1 Å². The van der Waals surface area contributed by atoms with Crippen molar-refractivity contribution < 1.29 is 4.79 Å². The van der Waals surface area contributed by atoms with E-state index in [0.717, 1.165) is 16.8 Å². The van der Waals surface area contributed by atoms with Crippen molar-refractivity contribution >= 4 is 34.8 Å². The van der Waals surface area contributed by atoms with E-state index in [4.69, 9.17) is 23.2 Å². The quantitative estimate of drug-likeness (QED) is 0.873. The molecule has 2 aromatic carbocycles. The molecule has 0 fully saturated rings. The van der Waals surface area contributed by atoms with Gasteiger partial charge in [0.2, 0.25) is 5.91 Å². The monoisotopic (exact) mass is 305 g/mol. The second kappa shape index (κ2) is 4.80. The molecule has 4 heteroatoms. The number of halogens is 2. The van der Waals surface area contributed by atoms with Gasteiger partial charge >= 0.3 is 0 Å². The predicted octanol–water partition coefficient (Wildman–Crippen LogP) is 4.45. The lowest BCUT2D eigenvalue weighted by Gasteiger charge is -2.22. The molecule has 0 spiro atoms. The first-order valence-electron chi connectivity index (χ1n) is 6.35. The third-order valence-electron chi connectivity index (χ3n) is 3.80. The van der Waals surface area contributed by atoms with Crippen molar-refractivity contribution in [1.29, 1.82) is 0 Å². The van der Waals surface area contributed by atoms with Gasteiger partial charge in [-0.15, -0.1) is 0 Å². The van der Waals surface area contributed by atoms with Crippen LogP contribution in [0.25, 0.3) is 0 Å². The SMILES string of the molecule is CC1(Cc2ccc(Cl)cc2)C(=O)Nc2ccc(Cl)cc21. The zero-order chi connectivity index (χ0) is 14.3. The Morgan fingerprint density at radius 3 is 2.40 bits per heavy atom. The van der Waals surface area contributed by atoms with Gasteiger partial charge in [0.05, 0.1) is 5.41 Å². The molecule has 0 bridgehead atoms. The maximum absolute atomic E-state index is 12.4. The summed E-state index contributed by atoms with van der Waals surface area (Å²) in [7, 11) is 0. The predicted molar refractivity (Wildman–Crippen MR) is 82.6 cm³/mol. The molecule has 0 saturated carbocycles. The maximum Gasteiger partial charge on any atom is 0.235 e. The van der Waals surface area contributed by atoms with Gasteiger partial charge in [0, 0.05) is 15.7 Å². The minimum atomic E-state index is -0.603. The van der Waals surface area contributed by atoms with E-state index in [-0.39, 0.29) is 5.91 Å². The number of fused-ring (bicyclic) bond motifs is 1. The highest BCUT2D eigenvalue weighted by Gasteiger charge is 2.42. The smallest absolute Gasteiger partial charge is 0.235 e. The highest BCUT2D eigenvalue weighted by atomic mass is 35.5. The fourth-order valence-electron chi connectivity index (χ4n) is 2.65. The van der Waals surface area contributed by atoms with Gasteiger partial charge in [0.15, 0.2) is 0 Å². The summed E-state index contributed by atoms with van der Waals surface area (Å²) < 4.78 is 0. The Labute approximate surface area is 127 Å². The zero-order valence-electron chi connectivity index (χ0n) is 10.9. The molecule has 2 aromatic rings. The van der Waals surface area contributed by atoms with Crippen molar-refractivity contribution in [3.05, 3.63) is 63.6 Å². The van der Waals surface area contributed by atoms with Crippen LogP contribution in [0, 0.1) is 0 Å². The van der Waals surface area contributed by atoms with E-state index < -0.39 is 5.41 Å². The first kappa shape index (κ1) is 13.5. The number of carbonyl (C=O) groups is 1. The molecular formula is C16H13Cl2NO. The summed E-state index contributed by atoms with van der Waals surface area (Å²) in [6.45, 7) is 1.94. The van der Waals surface area contributed by atoms with Crippen molar-refractivity contribution in [2.45, 2.75) is 18.8 Å². The molecule has 0 saturated heterocycles. The van der Waals surface area contributed by atoms with Crippen LogP contribution in [0.2, 0.25) is 10.0 Å². The first-order chi connectivity index (χ1) is 9.49. The van der Waals surface area contributed by atoms with Gasteiger partial charge in [-0.05, 0) is 54.8 Å². The molecule has 2 nitrogen and oxygen atoms in total. The molecule has 1 aliphatic rings. The van der Waals surface area contributed by atoms with Crippen LogP contribution in [0.5, 0.6) is 0 Å². The highest BCUT2D eigenvalue weighted by molar-refractivity contribution is 6.31. The number of benzene rings is 2. The van der Waals surface area contributed by atoms with E-state index in [1.165, 1.54) is 0 Å². The second-order valence-electron chi connectivity index (χ2n) is 5.28. The van der Waals surface area contributed by atoms with E-state index in [1.54, 1.807) is 6.07 Å². The van der Waals surface area contributed by atoms with Crippen molar-refractivity contribution in [1.82, 2.24) is 0 Å². The van der Waals surface area contributed by atoms with Crippen LogP contribution in [0.15, 0.2) is 42.5 Å². The van der Waals surface area contributed by atoms with Gasteiger partial charge in [0.1, 0.15) is 0 Å². The highest BCUT2D eigenvalue weighted by Crippen LogP contribution is 2.41. The molecular weight excluding hydrogens is 293 g/mol. The molecule has 102 valence electrons. The maximum atomic E-state index is 12.4. The van der Waals surface area contributed by atoms with E-state index >= 15 is 0 Å². The molecule has 20 heavy (non-hydrogen) atoms. The van der Waals surface area contributed by atoms with Crippen LogP contribution < -0.4 is 5.32 Å². The average Bonchev–Trinajstić information content (AvgIpc) is 2.65. The molecule has 1 unspecified atom stereocenters. The Balaban J connectivity index is 2.01. The number of rotatable bonds is 2. The zero-order valence-corrected chi connectivity index (χ0v) is 12.4. The van der Waals surface area contributed by atoms with Crippen molar-refractivity contribution in [2.24, 2.45) is 0 Å². The fourth-order valence-corrected chi connectivity index (χ4v) is 2.95. The molecule has 1 atom stereocenters. The number of anilines is 1. The summed E-state index contributed by atoms with van der Waals surface area (Å²) in [4.78, 5) is 12.4. The van der Waals surface area contributed by atoms with Crippen LogP contribution in [-0.2, 0) is 16.6 Å². The normalized spacial score (nSPS) is 20.6. The molecule has 0 radical (unpaired) electrons. The Hall–Kier alpha value is -1.51. The van der Waals surface area contributed by atoms with Gasteiger partial charge in [-0.25, -0.2) is 0 Å². The number of hydrogen-bond donors (Lipinski definition) is 1. The van der Waals surface area contributed by atoms with E-state index in [0.29, 0.717) is 16.5 Å². The van der Waals surface area contributed by atoms with Crippen LogP contribution in [-0.4, -0.2) is 5.91 Å². The van der Waals surface area contributed by atoms with E-state index in [1.807, 2.05) is 43.3 Å². The van der Waals surface area contributed by atoms with Gasteiger partial charge in [0.25, 0.3) is 0 Å². The van der Waals surface area contributed by atoms with Crippen LogP contribution >= 0.6 is 23.2 Å². The largest absolute Gasteiger partial charge is 0.325 e. The Morgan fingerprint density at radius 1 is 1.05 bits per heavy atom. The van der Waals surface area contributed by atoms with E-state index in [2.05, 4.69) is 5.32 Å². The average molecular weight is 306 g/mol. The minimum Gasteiger partial charge on any atom is -0.325 e. The van der Waals surface area contributed by atoms with E-state index in [9.17, 15) is 4.79 Å². The molecule has 1 heterocycles. The molecule has 0 aliphatic carbocycles. The fraction of sp³-hybridized carbons (Fsp3) is 0.188. The minimum absolute atomic E-state index is 0.00437. The second-order valence-corrected chi connectivity index (χ2v) is 6.15. The summed E-state index contributed by atoms with van der Waals surface area (Å²) in [5, 5.41) is 4.26. The van der Waals surface area contributed by atoms with Crippen LogP contribution in [0.3, 0.4) is 0 Å². The van der Waals surface area contributed by atoms with Gasteiger partial charge in [-0.3, -0.25) is 4.79 Å². The first-order valence-corrected chi connectivity index (χ1v) is 7.10. The third kappa shape index (κ3) is 2.19. The molecule has 1 N–H and O–H groups in total. The summed E-state index contributed by atoms with van der Waals surface area (Å²) in [5.41, 5.74) is 2.26. The lowest BCUT2D eigenvalue weighted by molar-refractivity contribution is -0.120.